The molecule has 1 amide bonds. The number of carbonyl (C=O) groups is 1. The van der Waals surface area contributed by atoms with Crippen molar-refractivity contribution in [3.05, 3.63) is 52.8 Å². The molecular formula is C18H17BrN4O. The van der Waals surface area contributed by atoms with E-state index in [9.17, 15) is 4.79 Å². The topological polar surface area (TPSA) is 69.1 Å². The molecule has 5 nitrogen and oxygen atoms in total. The minimum atomic E-state index is -0.804. The number of hydrogen-bond acceptors (Lipinski definition) is 3. The normalized spacial score (nSPS) is 23.5. The number of amides is 1. The van der Waals surface area contributed by atoms with E-state index in [-0.39, 0.29) is 17.8 Å². The summed E-state index contributed by atoms with van der Waals surface area (Å²) in [6.45, 7) is 0. The van der Waals surface area contributed by atoms with Crippen LogP contribution in [-0.4, -0.2) is 28.8 Å². The van der Waals surface area contributed by atoms with Crippen LogP contribution in [0.4, 0.5) is 0 Å². The minimum Gasteiger partial charge on any atom is -0.338 e. The number of carbonyl (C=O) groups excluding carboxylic acids is 1. The second kappa shape index (κ2) is 5.41. The lowest BCUT2D eigenvalue weighted by molar-refractivity contribution is -0.131. The predicted octanol–water partition coefficient (Wildman–Crippen LogP) is 3.11. The molecular weight excluding hydrogens is 368 g/mol. The predicted molar refractivity (Wildman–Crippen MR) is 95.4 cm³/mol. The van der Waals surface area contributed by atoms with Gasteiger partial charge >= 0.3 is 0 Å². The molecule has 0 radical (unpaired) electrons. The number of aromatic nitrogens is 1. The van der Waals surface area contributed by atoms with Gasteiger partial charge in [-0.1, -0.05) is 18.2 Å². The number of hydrogen-bond donors (Lipinski definition) is 2. The van der Waals surface area contributed by atoms with E-state index < -0.39 is 5.54 Å². The second-order valence-corrected chi connectivity index (χ2v) is 7.31. The molecule has 1 aliphatic carbocycles. The van der Waals surface area contributed by atoms with Gasteiger partial charge in [0, 0.05) is 29.5 Å². The average Bonchev–Trinajstić information content (AvgIpc) is 3.40. The van der Waals surface area contributed by atoms with Gasteiger partial charge in [0.1, 0.15) is 5.54 Å². The van der Waals surface area contributed by atoms with Gasteiger partial charge in [0.2, 0.25) is 0 Å². The van der Waals surface area contributed by atoms with Gasteiger partial charge in [-0.2, -0.15) is 0 Å². The molecule has 0 spiro atoms. The Labute approximate surface area is 148 Å². The number of nitrogens with one attached hydrogen (secondary N) is 2. The summed E-state index contributed by atoms with van der Waals surface area (Å²) in [7, 11) is 1.66. The molecule has 0 bridgehead atoms. The van der Waals surface area contributed by atoms with Crippen molar-refractivity contribution in [3.63, 3.8) is 0 Å². The second-order valence-electron chi connectivity index (χ2n) is 6.39. The number of nitrogens with zero attached hydrogens (tertiary/aromatic N) is 2. The van der Waals surface area contributed by atoms with E-state index in [1.165, 1.54) is 4.90 Å². The molecule has 0 unspecified atom stereocenters. The van der Waals surface area contributed by atoms with Gasteiger partial charge in [-0.05, 0) is 57.9 Å². The van der Waals surface area contributed by atoms with E-state index in [2.05, 4.69) is 26.2 Å². The maximum Gasteiger partial charge on any atom is 0.259 e. The van der Waals surface area contributed by atoms with Gasteiger partial charge in [0.05, 0.1) is 0 Å². The van der Waals surface area contributed by atoms with E-state index in [4.69, 9.17) is 5.41 Å². The van der Waals surface area contributed by atoms with Crippen molar-refractivity contribution in [1.29, 1.82) is 5.41 Å². The maximum atomic E-state index is 12.9. The van der Waals surface area contributed by atoms with Crippen LogP contribution in [0.25, 0.3) is 11.1 Å². The third kappa shape index (κ3) is 2.24. The molecule has 2 heterocycles. The zero-order valence-electron chi connectivity index (χ0n) is 13.2. The number of rotatable bonds is 3. The molecule has 1 atom stereocenters. The van der Waals surface area contributed by atoms with Crippen molar-refractivity contribution in [1.82, 2.24) is 15.2 Å². The van der Waals surface area contributed by atoms with Crippen LogP contribution in [0.15, 0.2) is 47.2 Å². The largest absolute Gasteiger partial charge is 0.338 e. The number of halogens is 1. The van der Waals surface area contributed by atoms with Crippen molar-refractivity contribution < 1.29 is 4.79 Å². The lowest BCUT2D eigenvalue weighted by Crippen LogP contribution is -2.46. The molecule has 2 aromatic rings. The summed E-state index contributed by atoms with van der Waals surface area (Å²) < 4.78 is 0.916. The summed E-state index contributed by atoms with van der Waals surface area (Å²) in [4.78, 5) is 18.6. The minimum absolute atomic E-state index is 0.0421. The number of benzene rings is 1. The molecule has 2 fully saturated rings. The Bertz CT molecular complexity index is 848. The fourth-order valence-electron chi connectivity index (χ4n) is 3.43. The first kappa shape index (κ1) is 15.3. The Kier molecular flexibility index (Phi) is 3.46. The van der Waals surface area contributed by atoms with Crippen LogP contribution < -0.4 is 5.32 Å². The van der Waals surface area contributed by atoms with Gasteiger partial charge in [0.15, 0.2) is 5.96 Å². The monoisotopic (exact) mass is 384 g/mol. The first-order chi connectivity index (χ1) is 11.5. The number of likely N-dealkylation sites (N-methyl/N-ethyl adjacent to an activating group) is 1. The van der Waals surface area contributed by atoms with E-state index in [0.29, 0.717) is 0 Å². The van der Waals surface area contributed by atoms with Crippen molar-refractivity contribution in [2.24, 2.45) is 5.92 Å². The number of pyridine rings is 1. The summed E-state index contributed by atoms with van der Waals surface area (Å²) in [6, 6.07) is 10.0. The highest BCUT2D eigenvalue weighted by molar-refractivity contribution is 9.10. The third-order valence-corrected chi connectivity index (χ3v) is 5.27. The average molecular weight is 385 g/mol. The van der Waals surface area contributed by atoms with Gasteiger partial charge in [-0.3, -0.25) is 20.1 Å². The van der Waals surface area contributed by atoms with Crippen molar-refractivity contribution in [3.8, 4) is 11.1 Å². The molecule has 1 aromatic carbocycles. The number of guanidine groups is 1. The summed E-state index contributed by atoms with van der Waals surface area (Å²) in [5.41, 5.74) is 2.12. The highest BCUT2D eigenvalue weighted by Gasteiger charge is 2.58. The molecule has 4 rings (SSSR count). The summed E-state index contributed by atoms with van der Waals surface area (Å²) >= 11 is 3.45. The smallest absolute Gasteiger partial charge is 0.259 e. The molecule has 122 valence electrons. The molecule has 1 saturated carbocycles. The Morgan fingerprint density at radius 1 is 1.29 bits per heavy atom. The quantitative estimate of drug-likeness (QED) is 0.853. The first-order valence-corrected chi connectivity index (χ1v) is 8.68. The molecule has 1 aromatic heterocycles. The fraction of sp³-hybridized carbons (Fsp3) is 0.278. The van der Waals surface area contributed by atoms with Gasteiger partial charge in [0.25, 0.3) is 5.91 Å². The Balaban J connectivity index is 1.82. The lowest BCUT2D eigenvalue weighted by atomic mass is 9.83. The summed E-state index contributed by atoms with van der Waals surface area (Å²) in [5, 5.41) is 11.2. The first-order valence-electron chi connectivity index (χ1n) is 7.89. The van der Waals surface area contributed by atoms with Crippen molar-refractivity contribution >= 4 is 27.8 Å². The lowest BCUT2D eigenvalue weighted by Gasteiger charge is -2.28. The molecule has 1 saturated heterocycles. The molecule has 1 aliphatic heterocycles. The Hall–Kier alpha value is -2.21. The van der Waals surface area contributed by atoms with E-state index in [1.54, 1.807) is 13.2 Å². The molecule has 2 aliphatic rings. The maximum absolute atomic E-state index is 12.9. The standard InChI is InChI=1S/C18H17BrN4O/c1-23-16(24)18(13-5-6-13,22-17(23)20)14-4-2-3-11(7-14)12-8-15(19)10-21-9-12/h2-4,7-10,13H,5-6H2,1H3,(H2,20,22)/t18-/m0/s1. The molecule has 2 N–H and O–H groups in total. The third-order valence-electron chi connectivity index (χ3n) is 4.84. The van der Waals surface area contributed by atoms with Crippen LogP contribution in [0.5, 0.6) is 0 Å². The zero-order chi connectivity index (χ0) is 16.9. The summed E-state index contributed by atoms with van der Waals surface area (Å²) in [6.07, 6.45) is 5.56. The van der Waals surface area contributed by atoms with Gasteiger partial charge in [-0.15, -0.1) is 0 Å². The van der Waals surface area contributed by atoms with E-state index in [0.717, 1.165) is 34.0 Å². The highest BCUT2D eigenvalue weighted by Crippen LogP contribution is 2.49. The summed E-state index contributed by atoms with van der Waals surface area (Å²) in [5.74, 6) is 0.368. The van der Waals surface area contributed by atoms with Gasteiger partial charge < -0.3 is 5.32 Å². The van der Waals surface area contributed by atoms with Crippen molar-refractivity contribution in [2.75, 3.05) is 7.05 Å². The van der Waals surface area contributed by atoms with Crippen molar-refractivity contribution in [2.45, 2.75) is 18.4 Å². The van der Waals surface area contributed by atoms with Crippen LogP contribution >= 0.6 is 15.9 Å². The Morgan fingerprint density at radius 2 is 2.08 bits per heavy atom. The van der Waals surface area contributed by atoms with Crippen LogP contribution in [0.1, 0.15) is 18.4 Å². The molecule has 6 heteroatoms. The Morgan fingerprint density at radius 3 is 2.71 bits per heavy atom. The van der Waals surface area contributed by atoms with Crippen LogP contribution in [0.2, 0.25) is 0 Å². The SMILES string of the molecule is CN1C(=N)N[C@](c2cccc(-c3cncc(Br)c3)c2)(C2CC2)C1=O. The van der Waals surface area contributed by atoms with Crippen LogP contribution in [0, 0.1) is 11.3 Å². The molecule has 24 heavy (non-hydrogen) atoms. The highest BCUT2D eigenvalue weighted by atomic mass is 79.9. The van der Waals surface area contributed by atoms with E-state index >= 15 is 0 Å². The zero-order valence-corrected chi connectivity index (χ0v) is 14.8. The van der Waals surface area contributed by atoms with E-state index in [1.807, 2.05) is 36.5 Å². The fourth-order valence-corrected chi connectivity index (χ4v) is 3.79. The van der Waals surface area contributed by atoms with Crippen LogP contribution in [0.3, 0.4) is 0 Å². The van der Waals surface area contributed by atoms with Crippen LogP contribution in [-0.2, 0) is 10.3 Å². The van der Waals surface area contributed by atoms with Gasteiger partial charge in [-0.25, -0.2) is 0 Å².